The Morgan fingerprint density at radius 1 is 1.36 bits per heavy atom. The molecule has 2 nitrogen and oxygen atoms in total. The Balaban J connectivity index is 2.17. The molecule has 3 rings (SSSR count). The summed E-state index contributed by atoms with van der Waals surface area (Å²) in [5.74, 6) is 1.24. The minimum atomic E-state index is -0.241. The van der Waals surface area contributed by atoms with Crippen LogP contribution >= 0.6 is 0 Å². The molecule has 0 unspecified atom stereocenters. The fourth-order valence-electron chi connectivity index (χ4n) is 2.80. The minimum absolute atomic E-state index is 0.0479. The van der Waals surface area contributed by atoms with E-state index >= 15 is 0 Å². The standard InChI is InChI=1S/C9H17NO/c1-9(2)5-3-6(9)8(11)7(10)4-5/h5-8,11H,3-4,10H2,1-2H3/t5-,6+,7+,8-/m1/s1. The van der Waals surface area contributed by atoms with E-state index in [2.05, 4.69) is 13.8 Å². The zero-order valence-corrected chi connectivity index (χ0v) is 7.25. The van der Waals surface area contributed by atoms with E-state index in [1.807, 2.05) is 0 Å². The van der Waals surface area contributed by atoms with Crippen molar-refractivity contribution >= 4 is 0 Å². The number of aliphatic hydroxyl groups excluding tert-OH is 1. The number of hydrogen-bond donors (Lipinski definition) is 2. The highest BCUT2D eigenvalue weighted by Crippen LogP contribution is 2.58. The topological polar surface area (TPSA) is 46.2 Å². The summed E-state index contributed by atoms with van der Waals surface area (Å²) in [6.45, 7) is 4.50. The van der Waals surface area contributed by atoms with Crippen LogP contribution in [0.25, 0.3) is 0 Å². The van der Waals surface area contributed by atoms with Crippen molar-refractivity contribution in [2.45, 2.75) is 38.8 Å². The molecule has 3 fully saturated rings. The van der Waals surface area contributed by atoms with Crippen molar-refractivity contribution in [2.75, 3.05) is 0 Å². The Morgan fingerprint density at radius 2 is 2.00 bits per heavy atom. The average molecular weight is 155 g/mol. The predicted molar refractivity (Wildman–Crippen MR) is 44.0 cm³/mol. The molecule has 0 amide bonds. The van der Waals surface area contributed by atoms with Crippen molar-refractivity contribution in [2.24, 2.45) is 23.0 Å². The summed E-state index contributed by atoms with van der Waals surface area (Å²) in [7, 11) is 0. The molecule has 4 atom stereocenters. The maximum atomic E-state index is 9.69. The second-order valence-corrected chi connectivity index (χ2v) is 4.75. The highest BCUT2D eigenvalue weighted by Gasteiger charge is 2.56. The van der Waals surface area contributed by atoms with Crippen molar-refractivity contribution in [1.29, 1.82) is 0 Å². The molecule has 0 spiro atoms. The molecule has 64 valence electrons. The van der Waals surface area contributed by atoms with E-state index in [0.29, 0.717) is 11.3 Å². The largest absolute Gasteiger partial charge is 0.391 e. The number of nitrogens with two attached hydrogens (primary N) is 1. The van der Waals surface area contributed by atoms with Crippen LogP contribution in [0, 0.1) is 17.3 Å². The number of aliphatic hydroxyl groups is 1. The van der Waals surface area contributed by atoms with Gasteiger partial charge in [0.15, 0.2) is 0 Å². The molecule has 2 bridgehead atoms. The Bertz CT molecular complexity index is 178. The highest BCUT2D eigenvalue weighted by molar-refractivity contribution is 5.07. The lowest BCUT2D eigenvalue weighted by molar-refractivity contribution is -0.149. The van der Waals surface area contributed by atoms with Crippen molar-refractivity contribution in [1.82, 2.24) is 0 Å². The first-order chi connectivity index (χ1) is 5.03. The van der Waals surface area contributed by atoms with Crippen LogP contribution in [-0.4, -0.2) is 17.3 Å². The van der Waals surface area contributed by atoms with Gasteiger partial charge in [-0.3, -0.25) is 0 Å². The smallest absolute Gasteiger partial charge is 0.0724 e. The lowest BCUT2D eigenvalue weighted by Crippen LogP contribution is -2.62. The molecule has 11 heavy (non-hydrogen) atoms. The van der Waals surface area contributed by atoms with Gasteiger partial charge in [0.05, 0.1) is 6.10 Å². The van der Waals surface area contributed by atoms with Gasteiger partial charge in [0.1, 0.15) is 0 Å². The Kier molecular flexibility index (Phi) is 1.37. The molecule has 0 aromatic carbocycles. The van der Waals surface area contributed by atoms with Crippen LogP contribution in [0.5, 0.6) is 0 Å². The van der Waals surface area contributed by atoms with Crippen molar-refractivity contribution < 1.29 is 5.11 Å². The monoisotopic (exact) mass is 155 g/mol. The second kappa shape index (κ2) is 1.99. The Morgan fingerprint density at radius 3 is 2.36 bits per heavy atom. The quantitative estimate of drug-likeness (QED) is 0.542. The summed E-state index contributed by atoms with van der Waals surface area (Å²) in [6, 6.07) is 0.0479. The summed E-state index contributed by atoms with van der Waals surface area (Å²) in [4.78, 5) is 0. The first kappa shape index (κ1) is 7.56. The minimum Gasteiger partial charge on any atom is -0.391 e. The van der Waals surface area contributed by atoms with Crippen LogP contribution < -0.4 is 5.73 Å². The molecular weight excluding hydrogens is 138 g/mol. The molecule has 0 aromatic rings. The van der Waals surface area contributed by atoms with Gasteiger partial charge in [-0.1, -0.05) is 13.8 Å². The highest BCUT2D eigenvalue weighted by atomic mass is 16.3. The van der Waals surface area contributed by atoms with Gasteiger partial charge in [-0.15, -0.1) is 0 Å². The van der Waals surface area contributed by atoms with E-state index in [4.69, 9.17) is 5.73 Å². The van der Waals surface area contributed by atoms with E-state index in [-0.39, 0.29) is 12.1 Å². The van der Waals surface area contributed by atoms with Gasteiger partial charge in [-0.2, -0.15) is 0 Å². The van der Waals surface area contributed by atoms with Gasteiger partial charge in [-0.05, 0) is 30.1 Å². The summed E-state index contributed by atoms with van der Waals surface area (Å²) >= 11 is 0. The van der Waals surface area contributed by atoms with Crippen molar-refractivity contribution in [3.05, 3.63) is 0 Å². The van der Waals surface area contributed by atoms with Crippen LogP contribution in [0.4, 0.5) is 0 Å². The van der Waals surface area contributed by atoms with Gasteiger partial charge < -0.3 is 10.8 Å². The predicted octanol–water partition coefficient (Wildman–Crippen LogP) is 0.741. The molecule has 0 saturated heterocycles. The van der Waals surface area contributed by atoms with E-state index in [1.54, 1.807) is 0 Å². The first-order valence-electron chi connectivity index (χ1n) is 4.47. The van der Waals surface area contributed by atoms with Crippen LogP contribution in [0.3, 0.4) is 0 Å². The molecule has 3 aliphatic rings. The Labute approximate surface area is 67.8 Å². The Hall–Kier alpha value is -0.0800. The third-order valence-electron chi connectivity index (χ3n) is 3.95. The van der Waals surface area contributed by atoms with Gasteiger partial charge in [0, 0.05) is 6.04 Å². The fraction of sp³-hybridized carbons (Fsp3) is 1.00. The molecule has 3 saturated carbocycles. The van der Waals surface area contributed by atoms with Crippen LogP contribution in [0.1, 0.15) is 26.7 Å². The fourth-order valence-corrected chi connectivity index (χ4v) is 2.80. The van der Waals surface area contributed by atoms with E-state index in [1.165, 1.54) is 6.42 Å². The van der Waals surface area contributed by atoms with E-state index < -0.39 is 0 Å². The molecule has 3 aliphatic carbocycles. The SMILES string of the molecule is CC1(C)[C@H]2C[C@H](N)[C@H](O)[C@@H]1C2. The van der Waals surface area contributed by atoms with Crippen LogP contribution in [-0.2, 0) is 0 Å². The van der Waals surface area contributed by atoms with Crippen LogP contribution in [0.2, 0.25) is 0 Å². The number of hydrogen-bond acceptors (Lipinski definition) is 2. The molecule has 0 aromatic heterocycles. The zero-order chi connectivity index (χ0) is 8.22. The van der Waals surface area contributed by atoms with Crippen molar-refractivity contribution in [3.63, 3.8) is 0 Å². The summed E-state index contributed by atoms with van der Waals surface area (Å²) in [5, 5.41) is 9.69. The first-order valence-corrected chi connectivity index (χ1v) is 4.47. The zero-order valence-electron chi connectivity index (χ0n) is 7.25. The molecule has 2 heteroatoms. The average Bonchev–Trinajstić information content (AvgIpc) is 1.93. The van der Waals surface area contributed by atoms with Crippen LogP contribution in [0.15, 0.2) is 0 Å². The van der Waals surface area contributed by atoms with E-state index in [0.717, 1.165) is 12.3 Å². The van der Waals surface area contributed by atoms with Gasteiger partial charge in [0.2, 0.25) is 0 Å². The third kappa shape index (κ3) is 0.798. The van der Waals surface area contributed by atoms with E-state index in [9.17, 15) is 5.11 Å². The molecular formula is C9H17NO. The maximum absolute atomic E-state index is 9.69. The molecule has 0 aliphatic heterocycles. The summed E-state index contributed by atoms with van der Waals surface area (Å²) in [6.07, 6.45) is 1.97. The van der Waals surface area contributed by atoms with Gasteiger partial charge in [0.25, 0.3) is 0 Å². The van der Waals surface area contributed by atoms with Gasteiger partial charge >= 0.3 is 0 Å². The van der Waals surface area contributed by atoms with Crippen molar-refractivity contribution in [3.8, 4) is 0 Å². The molecule has 0 radical (unpaired) electrons. The number of rotatable bonds is 0. The normalized spacial score (nSPS) is 53.5. The number of fused-ring (bicyclic) bond motifs is 2. The summed E-state index contributed by atoms with van der Waals surface area (Å²) in [5.41, 5.74) is 6.13. The lowest BCUT2D eigenvalue weighted by Gasteiger charge is -2.60. The maximum Gasteiger partial charge on any atom is 0.0724 e. The lowest BCUT2D eigenvalue weighted by atomic mass is 9.47. The summed E-state index contributed by atoms with van der Waals surface area (Å²) < 4.78 is 0. The van der Waals surface area contributed by atoms with Gasteiger partial charge in [-0.25, -0.2) is 0 Å². The second-order valence-electron chi connectivity index (χ2n) is 4.75. The molecule has 3 N–H and O–H groups in total. The molecule has 0 heterocycles. The third-order valence-corrected chi connectivity index (χ3v) is 3.95.